The number of Topliss-reactive ketones (excluding diaryl/α,β-unsaturated/α-hetero) is 2. The monoisotopic (exact) mass is 480 g/mol. The molecule has 0 aromatic heterocycles. The first-order valence-corrected chi connectivity index (χ1v) is 10.4. The summed E-state index contributed by atoms with van der Waals surface area (Å²) in [5.41, 5.74) is -4.54. The first-order chi connectivity index (χ1) is 15.7. The van der Waals surface area contributed by atoms with Crippen molar-refractivity contribution >= 4 is 23.5 Å². The summed E-state index contributed by atoms with van der Waals surface area (Å²) >= 11 is 0. The highest BCUT2D eigenvalue weighted by molar-refractivity contribution is 6.07. The lowest BCUT2D eigenvalue weighted by molar-refractivity contribution is -0.175. The predicted molar refractivity (Wildman–Crippen MR) is 112 cm³/mol. The third-order valence-electron chi connectivity index (χ3n) is 5.06. The molecule has 0 saturated heterocycles. The number of aliphatic hydroxyl groups excluding tert-OH is 2. The lowest BCUT2D eigenvalue weighted by Crippen LogP contribution is -2.53. The molecule has 0 fully saturated rings. The van der Waals surface area contributed by atoms with Gasteiger partial charge in [-0.2, -0.15) is 0 Å². The van der Waals surface area contributed by atoms with E-state index < -0.39 is 54.0 Å². The second kappa shape index (κ2) is 16.6. The standard InChI is InChI=1S/C21H36O12/c1-16(24)20(14-22,18(26)32-11-9-30-7-5-28-3)13-21(15-23,17(2)25)19(27)33-12-10-31-8-6-29-4/h22-23H,5-15H2,1-4H3/t20-,21-/m0/s1. The minimum absolute atomic E-state index is 0.00250. The SMILES string of the molecule is COCCOCCOC(=O)[C@](CO)(C[C@](CO)(C(C)=O)C(=O)OCCOCCOC)C(C)=O. The van der Waals surface area contributed by atoms with Crippen LogP contribution in [0.5, 0.6) is 0 Å². The predicted octanol–water partition coefficient (Wildman–Crippen LogP) is -1.08. The van der Waals surface area contributed by atoms with Crippen LogP contribution in [0.2, 0.25) is 0 Å². The van der Waals surface area contributed by atoms with Gasteiger partial charge in [0.25, 0.3) is 0 Å². The molecule has 2 N–H and O–H groups in total. The van der Waals surface area contributed by atoms with Crippen LogP contribution in [0.15, 0.2) is 0 Å². The van der Waals surface area contributed by atoms with Gasteiger partial charge in [-0.25, -0.2) is 0 Å². The molecule has 0 aliphatic carbocycles. The molecular formula is C21H36O12. The van der Waals surface area contributed by atoms with E-state index in [1.54, 1.807) is 0 Å². The quantitative estimate of drug-likeness (QED) is 0.123. The fourth-order valence-corrected chi connectivity index (χ4v) is 2.81. The van der Waals surface area contributed by atoms with Gasteiger partial charge in [-0.05, 0) is 20.3 Å². The van der Waals surface area contributed by atoms with Gasteiger partial charge in [0.2, 0.25) is 0 Å². The van der Waals surface area contributed by atoms with Crippen LogP contribution in [0.3, 0.4) is 0 Å². The Morgan fingerprint density at radius 2 is 0.939 bits per heavy atom. The van der Waals surface area contributed by atoms with Crippen LogP contribution in [-0.2, 0) is 47.6 Å². The molecule has 0 aromatic carbocycles. The second-order valence-electron chi connectivity index (χ2n) is 7.25. The maximum absolute atomic E-state index is 12.8. The Morgan fingerprint density at radius 1 is 0.606 bits per heavy atom. The molecule has 192 valence electrons. The maximum atomic E-state index is 12.8. The van der Waals surface area contributed by atoms with Crippen LogP contribution in [-0.4, -0.2) is 114 Å². The Balaban J connectivity index is 5.44. The van der Waals surface area contributed by atoms with E-state index >= 15 is 0 Å². The molecule has 12 heteroatoms. The largest absolute Gasteiger partial charge is 0.462 e. The fraction of sp³-hybridized carbons (Fsp3) is 0.810. The number of esters is 2. The van der Waals surface area contributed by atoms with Crippen molar-refractivity contribution in [2.24, 2.45) is 10.8 Å². The average molecular weight is 481 g/mol. The Morgan fingerprint density at radius 3 is 1.21 bits per heavy atom. The molecule has 12 nitrogen and oxygen atoms in total. The zero-order chi connectivity index (χ0) is 25.3. The highest BCUT2D eigenvalue weighted by atomic mass is 16.6. The molecule has 0 rings (SSSR count). The third-order valence-corrected chi connectivity index (χ3v) is 5.06. The van der Waals surface area contributed by atoms with Gasteiger partial charge in [0, 0.05) is 14.2 Å². The van der Waals surface area contributed by atoms with Crippen molar-refractivity contribution < 1.29 is 57.8 Å². The molecule has 33 heavy (non-hydrogen) atoms. The van der Waals surface area contributed by atoms with Crippen LogP contribution >= 0.6 is 0 Å². The van der Waals surface area contributed by atoms with E-state index in [9.17, 15) is 29.4 Å². The molecule has 0 aromatic rings. The van der Waals surface area contributed by atoms with Gasteiger partial charge >= 0.3 is 11.9 Å². The van der Waals surface area contributed by atoms with E-state index in [2.05, 4.69) is 0 Å². The van der Waals surface area contributed by atoms with E-state index in [0.717, 1.165) is 13.8 Å². The molecule has 0 aliphatic rings. The Labute approximate surface area is 193 Å². The molecule has 0 unspecified atom stereocenters. The van der Waals surface area contributed by atoms with Gasteiger partial charge in [-0.3, -0.25) is 19.2 Å². The number of methoxy groups -OCH3 is 2. The Kier molecular flexibility index (Phi) is 15.6. The average Bonchev–Trinajstić information content (AvgIpc) is 2.79. The van der Waals surface area contributed by atoms with Crippen molar-refractivity contribution in [1.82, 2.24) is 0 Å². The summed E-state index contributed by atoms with van der Waals surface area (Å²) in [4.78, 5) is 50.4. The summed E-state index contributed by atoms with van der Waals surface area (Å²) in [6.45, 7) is 0.624. The number of ketones is 2. The van der Waals surface area contributed by atoms with Gasteiger partial charge in [-0.1, -0.05) is 0 Å². The van der Waals surface area contributed by atoms with E-state index in [4.69, 9.17) is 28.4 Å². The summed E-state index contributed by atoms with van der Waals surface area (Å²) < 4.78 is 30.1. The van der Waals surface area contributed by atoms with E-state index in [-0.39, 0.29) is 39.6 Å². The van der Waals surface area contributed by atoms with Crippen LogP contribution in [0, 0.1) is 10.8 Å². The number of ether oxygens (including phenoxy) is 6. The summed E-state index contributed by atoms with van der Waals surface area (Å²) in [6.07, 6.45) is -0.829. The van der Waals surface area contributed by atoms with Crippen LogP contribution in [0.25, 0.3) is 0 Å². The summed E-state index contributed by atoms with van der Waals surface area (Å²) in [5, 5.41) is 19.9. The highest BCUT2D eigenvalue weighted by Crippen LogP contribution is 2.38. The fourth-order valence-electron chi connectivity index (χ4n) is 2.81. The van der Waals surface area contributed by atoms with Crippen molar-refractivity contribution in [2.45, 2.75) is 20.3 Å². The minimum atomic E-state index is -2.27. The van der Waals surface area contributed by atoms with Crippen LogP contribution < -0.4 is 0 Å². The van der Waals surface area contributed by atoms with Gasteiger partial charge in [0.1, 0.15) is 24.8 Å². The van der Waals surface area contributed by atoms with Gasteiger partial charge < -0.3 is 38.6 Å². The van der Waals surface area contributed by atoms with Crippen molar-refractivity contribution in [3.8, 4) is 0 Å². The van der Waals surface area contributed by atoms with E-state index in [1.807, 2.05) is 0 Å². The molecule has 0 amide bonds. The number of hydrogen-bond acceptors (Lipinski definition) is 12. The minimum Gasteiger partial charge on any atom is -0.462 e. The number of carbonyl (C=O) groups is 4. The zero-order valence-electron chi connectivity index (χ0n) is 19.8. The normalized spacial score (nSPS) is 14.7. The van der Waals surface area contributed by atoms with Crippen molar-refractivity contribution in [3.05, 3.63) is 0 Å². The van der Waals surface area contributed by atoms with Gasteiger partial charge in [0.15, 0.2) is 10.8 Å². The number of hydrogen-bond donors (Lipinski definition) is 2. The number of aliphatic hydroxyl groups is 2. The summed E-state index contributed by atoms with van der Waals surface area (Å²) in [7, 11) is 2.99. The Hall–Kier alpha value is -1.96. The molecule has 0 heterocycles. The molecule has 0 saturated carbocycles. The molecule has 0 aliphatic heterocycles. The first kappa shape index (κ1) is 31.0. The zero-order valence-corrected chi connectivity index (χ0v) is 19.8. The summed E-state index contributed by atoms with van der Waals surface area (Å²) in [5.74, 6) is -3.99. The topological polar surface area (TPSA) is 164 Å². The third kappa shape index (κ3) is 9.43. The summed E-state index contributed by atoms with van der Waals surface area (Å²) in [6, 6.07) is 0. The smallest absolute Gasteiger partial charge is 0.322 e. The van der Waals surface area contributed by atoms with Gasteiger partial charge in [0.05, 0.1) is 52.9 Å². The van der Waals surface area contributed by atoms with Gasteiger partial charge in [-0.15, -0.1) is 0 Å². The lowest BCUT2D eigenvalue weighted by Gasteiger charge is -2.35. The molecule has 0 spiro atoms. The van der Waals surface area contributed by atoms with Crippen molar-refractivity contribution in [1.29, 1.82) is 0 Å². The lowest BCUT2D eigenvalue weighted by atomic mass is 9.67. The number of rotatable bonds is 20. The van der Waals surface area contributed by atoms with Crippen LogP contribution in [0.4, 0.5) is 0 Å². The van der Waals surface area contributed by atoms with E-state index in [1.165, 1.54) is 14.2 Å². The maximum Gasteiger partial charge on any atom is 0.322 e. The van der Waals surface area contributed by atoms with Crippen molar-refractivity contribution in [2.75, 3.05) is 80.3 Å². The number of carbonyl (C=O) groups excluding carboxylic acids is 4. The molecule has 0 radical (unpaired) electrons. The molecule has 0 bridgehead atoms. The van der Waals surface area contributed by atoms with E-state index in [0.29, 0.717) is 13.2 Å². The molecule has 2 atom stereocenters. The van der Waals surface area contributed by atoms with Crippen LogP contribution in [0.1, 0.15) is 20.3 Å². The highest BCUT2D eigenvalue weighted by Gasteiger charge is 2.56. The first-order valence-electron chi connectivity index (χ1n) is 10.4. The van der Waals surface area contributed by atoms with Crippen molar-refractivity contribution in [3.63, 3.8) is 0 Å². The molecular weight excluding hydrogens is 444 g/mol. The second-order valence-corrected chi connectivity index (χ2v) is 7.25. The Bertz CT molecular complexity index is 570.